The Morgan fingerprint density at radius 3 is 1.64 bits per heavy atom. The van der Waals surface area contributed by atoms with Crippen molar-refractivity contribution in [3.63, 3.8) is 0 Å². The molecule has 0 unspecified atom stereocenters. The second kappa shape index (κ2) is 8.75. The summed E-state index contributed by atoms with van der Waals surface area (Å²) in [4.78, 5) is 0. The monoisotopic (exact) mass is 302 g/mol. The average molecular weight is 303 g/mol. The van der Waals surface area contributed by atoms with Gasteiger partial charge in [0.1, 0.15) is 0 Å². The molecule has 0 nitrogen and oxygen atoms in total. The van der Waals surface area contributed by atoms with E-state index in [-0.39, 0.29) is 14.9 Å². The van der Waals surface area contributed by atoms with Gasteiger partial charge in [0.15, 0.2) is 0 Å². The van der Waals surface area contributed by atoms with Gasteiger partial charge in [-0.3, -0.25) is 0 Å². The summed E-state index contributed by atoms with van der Waals surface area (Å²) in [6.45, 7) is 4.62. The van der Waals surface area contributed by atoms with E-state index in [4.69, 9.17) is 0 Å². The molecular weight excluding hydrogens is 264 g/mol. The Bertz CT molecular complexity index is 400. The Kier molecular flexibility index (Phi) is 7.66. The second-order valence-corrected chi connectivity index (χ2v) is 7.54. The van der Waals surface area contributed by atoms with Gasteiger partial charge in [-0.25, -0.2) is 0 Å². The van der Waals surface area contributed by atoms with Crippen molar-refractivity contribution in [1.82, 2.24) is 0 Å². The Morgan fingerprint density at radius 1 is 0.682 bits per heavy atom. The number of rotatable bonds is 2. The summed E-state index contributed by atoms with van der Waals surface area (Å²) in [5.41, 5.74) is 2.98. The third-order valence-corrected chi connectivity index (χ3v) is 6.05. The first-order valence-electron chi connectivity index (χ1n) is 8.79. The first-order valence-corrected chi connectivity index (χ1v) is 8.79. The Morgan fingerprint density at radius 2 is 1.14 bits per heavy atom. The topological polar surface area (TPSA) is 0 Å². The minimum Gasteiger partial charge on any atom is -0.0776 e. The third kappa shape index (κ3) is 4.61. The lowest BCUT2D eigenvalue weighted by Crippen LogP contribution is -2.24. The molecule has 1 aromatic carbocycles. The number of hydrogen-bond donors (Lipinski definition) is 0. The van der Waals surface area contributed by atoms with Crippen LogP contribution in [0.4, 0.5) is 0 Å². The van der Waals surface area contributed by atoms with E-state index in [1.165, 1.54) is 56.9 Å². The van der Waals surface area contributed by atoms with Gasteiger partial charge in [-0.05, 0) is 74.7 Å². The molecule has 0 spiro atoms. The van der Waals surface area contributed by atoms with Crippen LogP contribution in [0.3, 0.4) is 0 Å². The second-order valence-electron chi connectivity index (χ2n) is 7.54. The van der Waals surface area contributed by atoms with Crippen molar-refractivity contribution in [2.75, 3.05) is 0 Å². The Labute approximate surface area is 139 Å². The van der Waals surface area contributed by atoms with Gasteiger partial charge < -0.3 is 0 Å². The molecule has 126 valence electrons. The van der Waals surface area contributed by atoms with Crippen LogP contribution in [0.5, 0.6) is 0 Å². The first-order chi connectivity index (χ1) is 9.72. The number of hydrogen-bond acceptors (Lipinski definition) is 0. The molecule has 0 saturated heterocycles. The van der Waals surface area contributed by atoms with Gasteiger partial charge in [0, 0.05) is 0 Å². The van der Waals surface area contributed by atoms with Gasteiger partial charge >= 0.3 is 0 Å². The lowest BCUT2D eigenvalue weighted by atomic mass is 9.68. The Balaban J connectivity index is 0.00000121. The zero-order valence-corrected chi connectivity index (χ0v) is 13.3. The summed E-state index contributed by atoms with van der Waals surface area (Å²) in [7, 11) is 0. The maximum absolute atomic E-state index is 2.44. The lowest BCUT2D eigenvalue weighted by Gasteiger charge is -2.37. The van der Waals surface area contributed by atoms with E-state index < -0.39 is 0 Å². The minimum absolute atomic E-state index is 0. The van der Waals surface area contributed by atoms with Crippen LogP contribution in [0, 0.1) is 24.7 Å². The van der Waals surface area contributed by atoms with E-state index in [9.17, 15) is 0 Å². The van der Waals surface area contributed by atoms with Crippen molar-refractivity contribution in [2.24, 2.45) is 17.8 Å². The fourth-order valence-electron chi connectivity index (χ4n) is 4.52. The highest BCUT2D eigenvalue weighted by Gasteiger charge is 2.30. The highest BCUT2D eigenvalue weighted by atomic mass is 14.4. The summed E-state index contributed by atoms with van der Waals surface area (Å²) >= 11 is 0. The van der Waals surface area contributed by atoms with Crippen LogP contribution in [-0.4, -0.2) is 0 Å². The molecule has 3 rings (SSSR count). The van der Waals surface area contributed by atoms with Crippen molar-refractivity contribution >= 4 is 0 Å². The summed E-state index contributed by atoms with van der Waals surface area (Å²) in [6.07, 6.45) is 11.8. The molecule has 0 atom stereocenters. The fraction of sp³-hybridized carbons (Fsp3) is 0.727. The molecule has 2 saturated carbocycles. The van der Waals surface area contributed by atoms with Crippen molar-refractivity contribution < 1.29 is 0 Å². The van der Waals surface area contributed by atoms with Crippen LogP contribution >= 0.6 is 0 Å². The van der Waals surface area contributed by atoms with E-state index >= 15 is 0 Å². The van der Waals surface area contributed by atoms with E-state index in [1.54, 1.807) is 5.56 Å². The molecule has 0 heteroatoms. The maximum Gasteiger partial charge on any atom is -0.0162 e. The molecule has 0 radical (unpaired) electrons. The minimum atomic E-state index is 0. The molecule has 0 N–H and O–H groups in total. The highest BCUT2D eigenvalue weighted by molar-refractivity contribution is 5.24. The smallest absolute Gasteiger partial charge is 0.0162 e. The summed E-state index contributed by atoms with van der Waals surface area (Å²) < 4.78 is 0. The Hall–Kier alpha value is -0.780. The van der Waals surface area contributed by atoms with Crippen molar-refractivity contribution in [2.45, 2.75) is 86.0 Å². The standard InChI is InChI=1S/C20H30.2CH4/c1-15-3-7-17(8-4-15)19-11-13-20(14-12-19)18-9-5-16(2)6-10-18;;/h3-4,7-8,16,18-20H,5-6,9-14H2,1-2H3;2*1H4. The molecule has 0 aliphatic heterocycles. The lowest BCUT2D eigenvalue weighted by molar-refractivity contribution is 0.165. The molecule has 0 aromatic heterocycles. The van der Waals surface area contributed by atoms with E-state index in [0.717, 1.165) is 23.7 Å². The van der Waals surface area contributed by atoms with Crippen LogP contribution in [0.2, 0.25) is 0 Å². The molecule has 22 heavy (non-hydrogen) atoms. The number of aryl methyl sites for hydroxylation is 1. The zero-order chi connectivity index (χ0) is 13.9. The molecule has 2 aliphatic carbocycles. The SMILES string of the molecule is C.C.Cc1ccc(C2CCC(C3CCC(C)CC3)CC2)cc1. The molecular formula is C22H38. The van der Waals surface area contributed by atoms with Gasteiger partial charge in [0.2, 0.25) is 0 Å². The molecule has 0 amide bonds. The quantitative estimate of drug-likeness (QED) is 0.535. The van der Waals surface area contributed by atoms with Gasteiger partial charge in [-0.1, -0.05) is 64.4 Å². The van der Waals surface area contributed by atoms with Gasteiger partial charge in [-0.15, -0.1) is 0 Å². The fourth-order valence-corrected chi connectivity index (χ4v) is 4.52. The molecule has 2 fully saturated rings. The number of benzene rings is 1. The molecule has 0 heterocycles. The van der Waals surface area contributed by atoms with Crippen LogP contribution in [0.1, 0.15) is 90.2 Å². The predicted octanol–water partition coefficient (Wildman–Crippen LogP) is 7.37. The largest absolute Gasteiger partial charge is 0.0776 e. The zero-order valence-electron chi connectivity index (χ0n) is 13.3. The van der Waals surface area contributed by atoms with Gasteiger partial charge in [0.05, 0.1) is 0 Å². The van der Waals surface area contributed by atoms with E-state index in [1.807, 2.05) is 0 Å². The van der Waals surface area contributed by atoms with Crippen molar-refractivity contribution in [1.29, 1.82) is 0 Å². The van der Waals surface area contributed by atoms with E-state index in [2.05, 4.69) is 38.1 Å². The van der Waals surface area contributed by atoms with Gasteiger partial charge in [-0.2, -0.15) is 0 Å². The van der Waals surface area contributed by atoms with Crippen molar-refractivity contribution in [3.05, 3.63) is 35.4 Å². The normalized spacial score (nSPS) is 31.7. The van der Waals surface area contributed by atoms with Crippen LogP contribution in [0.25, 0.3) is 0 Å². The molecule has 1 aromatic rings. The summed E-state index contributed by atoms with van der Waals surface area (Å²) in [5, 5.41) is 0. The summed E-state index contributed by atoms with van der Waals surface area (Å²) in [6, 6.07) is 9.29. The van der Waals surface area contributed by atoms with Crippen molar-refractivity contribution in [3.8, 4) is 0 Å². The summed E-state index contributed by atoms with van der Waals surface area (Å²) in [5.74, 6) is 3.94. The first kappa shape index (κ1) is 19.3. The highest BCUT2D eigenvalue weighted by Crippen LogP contribution is 2.43. The van der Waals surface area contributed by atoms with E-state index in [0.29, 0.717) is 0 Å². The average Bonchev–Trinajstić information content (AvgIpc) is 2.49. The molecule has 2 aliphatic rings. The molecule has 0 bridgehead atoms. The van der Waals surface area contributed by atoms with Crippen LogP contribution < -0.4 is 0 Å². The predicted molar refractivity (Wildman–Crippen MR) is 100 cm³/mol. The van der Waals surface area contributed by atoms with Crippen LogP contribution in [0.15, 0.2) is 24.3 Å². The maximum atomic E-state index is 2.44. The van der Waals surface area contributed by atoms with Crippen LogP contribution in [-0.2, 0) is 0 Å². The third-order valence-electron chi connectivity index (χ3n) is 6.05. The van der Waals surface area contributed by atoms with Gasteiger partial charge in [0.25, 0.3) is 0 Å².